The number of hydrogen-bond donors (Lipinski definition) is 1. The van der Waals surface area contributed by atoms with E-state index in [0.717, 1.165) is 16.7 Å². The first-order valence-electron chi connectivity index (χ1n) is 9.04. The largest absolute Gasteiger partial charge is 0.490 e. The third-order valence-electron chi connectivity index (χ3n) is 4.26. The molecule has 0 saturated heterocycles. The van der Waals surface area contributed by atoms with Gasteiger partial charge in [0.05, 0.1) is 11.6 Å². The number of hydrogen-bond acceptors (Lipinski definition) is 4. The highest BCUT2D eigenvalue weighted by molar-refractivity contribution is 6.32. The van der Waals surface area contributed by atoms with Crippen molar-refractivity contribution in [3.63, 3.8) is 0 Å². The molecule has 0 saturated carbocycles. The maximum Gasteiger partial charge on any atom is 0.180 e. The first-order chi connectivity index (χ1) is 13.6. The van der Waals surface area contributed by atoms with Gasteiger partial charge in [0.15, 0.2) is 11.5 Å². The van der Waals surface area contributed by atoms with Crippen molar-refractivity contribution >= 4 is 11.6 Å². The fourth-order valence-corrected chi connectivity index (χ4v) is 3.15. The lowest BCUT2D eigenvalue weighted by molar-refractivity contribution is 0.269. The van der Waals surface area contributed by atoms with Crippen molar-refractivity contribution in [2.45, 2.75) is 26.0 Å². The predicted octanol–water partition coefficient (Wildman–Crippen LogP) is 5.09. The molecular formula is C22H22ClFN2O2. The molecule has 0 aliphatic heterocycles. The van der Waals surface area contributed by atoms with Crippen LogP contribution in [0.3, 0.4) is 0 Å². The first-order valence-corrected chi connectivity index (χ1v) is 9.42. The normalized spacial score (nSPS) is 11.9. The summed E-state index contributed by atoms with van der Waals surface area (Å²) in [4.78, 5) is 4.02. The highest BCUT2D eigenvalue weighted by atomic mass is 35.5. The molecule has 0 amide bonds. The van der Waals surface area contributed by atoms with Crippen LogP contribution in [0.2, 0.25) is 5.02 Å². The van der Waals surface area contributed by atoms with Crippen molar-refractivity contribution in [2.24, 2.45) is 5.73 Å². The lowest BCUT2D eigenvalue weighted by Gasteiger charge is -2.17. The monoisotopic (exact) mass is 400 g/mol. The number of ether oxygens (including phenoxy) is 2. The Balaban J connectivity index is 1.78. The van der Waals surface area contributed by atoms with Gasteiger partial charge in [0.1, 0.15) is 12.4 Å². The topological polar surface area (TPSA) is 57.4 Å². The van der Waals surface area contributed by atoms with E-state index in [4.69, 9.17) is 26.8 Å². The molecule has 3 aromatic rings. The maximum atomic E-state index is 13.1. The fourth-order valence-electron chi connectivity index (χ4n) is 2.86. The number of nitrogens with zero attached hydrogens (tertiary/aromatic N) is 1. The Morgan fingerprint density at radius 1 is 1.04 bits per heavy atom. The van der Waals surface area contributed by atoms with Crippen LogP contribution in [-0.4, -0.2) is 11.6 Å². The lowest BCUT2D eigenvalue weighted by atomic mass is 10.0. The van der Waals surface area contributed by atoms with Gasteiger partial charge in [-0.15, -0.1) is 0 Å². The van der Waals surface area contributed by atoms with Crippen LogP contribution in [0.1, 0.15) is 29.7 Å². The van der Waals surface area contributed by atoms with Crippen LogP contribution in [0.25, 0.3) is 0 Å². The Morgan fingerprint density at radius 3 is 2.43 bits per heavy atom. The van der Waals surface area contributed by atoms with Gasteiger partial charge in [-0.3, -0.25) is 4.98 Å². The van der Waals surface area contributed by atoms with E-state index in [1.165, 1.54) is 12.1 Å². The van der Waals surface area contributed by atoms with E-state index in [9.17, 15) is 4.39 Å². The van der Waals surface area contributed by atoms with Crippen LogP contribution < -0.4 is 15.2 Å². The van der Waals surface area contributed by atoms with Crippen molar-refractivity contribution < 1.29 is 13.9 Å². The van der Waals surface area contributed by atoms with Crippen molar-refractivity contribution in [1.29, 1.82) is 0 Å². The SMILES string of the molecule is CCOc1cc(CC(N)c2ccncc2)cc(Cl)c1OCc1ccc(F)cc1. The summed E-state index contributed by atoms with van der Waals surface area (Å²) in [5, 5.41) is 0.449. The summed E-state index contributed by atoms with van der Waals surface area (Å²) in [7, 11) is 0. The van der Waals surface area contributed by atoms with Gasteiger partial charge in [-0.2, -0.15) is 0 Å². The van der Waals surface area contributed by atoms with Crippen LogP contribution in [0, 0.1) is 5.82 Å². The second-order valence-electron chi connectivity index (χ2n) is 6.34. The highest BCUT2D eigenvalue weighted by Crippen LogP contribution is 2.38. The van der Waals surface area contributed by atoms with Crippen molar-refractivity contribution in [3.05, 3.63) is 88.5 Å². The molecule has 0 spiro atoms. The summed E-state index contributed by atoms with van der Waals surface area (Å²) in [5.41, 5.74) is 9.10. The molecule has 2 aromatic carbocycles. The Hall–Kier alpha value is -2.63. The molecule has 1 heterocycles. The molecule has 1 aromatic heterocycles. The van der Waals surface area contributed by atoms with E-state index in [2.05, 4.69) is 4.98 Å². The molecule has 146 valence electrons. The van der Waals surface area contributed by atoms with Crippen LogP contribution in [0.4, 0.5) is 4.39 Å². The average Bonchev–Trinajstić information content (AvgIpc) is 2.69. The summed E-state index contributed by atoms with van der Waals surface area (Å²) in [6.07, 6.45) is 4.04. The molecule has 2 N–H and O–H groups in total. The van der Waals surface area contributed by atoms with Gasteiger partial charge in [-0.05, 0) is 66.4 Å². The Morgan fingerprint density at radius 2 is 1.75 bits per heavy atom. The molecule has 6 heteroatoms. The lowest BCUT2D eigenvalue weighted by Crippen LogP contribution is -2.13. The van der Waals surface area contributed by atoms with Gasteiger partial charge in [-0.1, -0.05) is 23.7 Å². The maximum absolute atomic E-state index is 13.1. The number of aromatic nitrogens is 1. The molecule has 0 aliphatic carbocycles. The summed E-state index contributed by atoms with van der Waals surface area (Å²) >= 11 is 6.48. The summed E-state index contributed by atoms with van der Waals surface area (Å²) in [6.45, 7) is 2.63. The third kappa shape index (κ3) is 5.21. The van der Waals surface area contributed by atoms with Crippen molar-refractivity contribution in [2.75, 3.05) is 6.61 Å². The first kappa shape index (κ1) is 20.1. The zero-order chi connectivity index (χ0) is 19.9. The highest BCUT2D eigenvalue weighted by Gasteiger charge is 2.15. The molecule has 4 nitrogen and oxygen atoms in total. The summed E-state index contributed by atoms with van der Waals surface area (Å²) < 4.78 is 24.7. The molecule has 0 bridgehead atoms. The molecule has 0 fully saturated rings. The molecule has 0 radical (unpaired) electrons. The minimum absolute atomic E-state index is 0.181. The van der Waals surface area contributed by atoms with Crippen LogP contribution >= 0.6 is 11.6 Å². The standard InChI is InChI=1S/C22H22ClFN2O2/c1-2-27-21-13-16(12-20(25)17-7-9-26-10-8-17)11-19(23)22(21)28-14-15-3-5-18(24)6-4-15/h3-11,13,20H,2,12,14,25H2,1H3. The summed E-state index contributed by atoms with van der Waals surface area (Å²) in [5.74, 6) is 0.745. The number of benzene rings is 2. The average molecular weight is 401 g/mol. The van der Waals surface area contributed by atoms with Gasteiger partial charge < -0.3 is 15.2 Å². The van der Waals surface area contributed by atoms with Crippen LogP contribution in [0.5, 0.6) is 11.5 Å². The van der Waals surface area contributed by atoms with E-state index in [0.29, 0.717) is 29.5 Å². The van der Waals surface area contributed by atoms with E-state index in [1.807, 2.05) is 31.2 Å². The molecule has 1 atom stereocenters. The Labute approximate surface area is 169 Å². The minimum atomic E-state index is -0.285. The zero-order valence-corrected chi connectivity index (χ0v) is 16.3. The molecule has 1 unspecified atom stereocenters. The number of halogens is 2. The van der Waals surface area contributed by atoms with Crippen molar-refractivity contribution in [3.8, 4) is 11.5 Å². The molecule has 28 heavy (non-hydrogen) atoms. The van der Waals surface area contributed by atoms with Crippen LogP contribution in [-0.2, 0) is 13.0 Å². The van der Waals surface area contributed by atoms with Gasteiger partial charge in [-0.25, -0.2) is 4.39 Å². The third-order valence-corrected chi connectivity index (χ3v) is 4.54. The van der Waals surface area contributed by atoms with E-state index in [1.54, 1.807) is 24.5 Å². The minimum Gasteiger partial charge on any atom is -0.490 e. The Bertz CT molecular complexity index is 904. The Kier molecular flexibility index (Phi) is 6.85. The smallest absolute Gasteiger partial charge is 0.180 e. The quantitative estimate of drug-likeness (QED) is 0.572. The number of rotatable bonds is 8. The van der Waals surface area contributed by atoms with Gasteiger partial charge >= 0.3 is 0 Å². The molecule has 3 rings (SSSR count). The van der Waals surface area contributed by atoms with Gasteiger partial charge in [0.25, 0.3) is 0 Å². The second-order valence-corrected chi connectivity index (χ2v) is 6.75. The fraction of sp³-hybridized carbons (Fsp3) is 0.227. The van der Waals surface area contributed by atoms with E-state index in [-0.39, 0.29) is 18.5 Å². The van der Waals surface area contributed by atoms with Crippen LogP contribution in [0.15, 0.2) is 60.9 Å². The number of nitrogens with two attached hydrogens (primary N) is 1. The van der Waals surface area contributed by atoms with Crippen molar-refractivity contribution in [1.82, 2.24) is 4.98 Å². The van der Waals surface area contributed by atoms with Gasteiger partial charge in [0, 0.05) is 18.4 Å². The zero-order valence-electron chi connectivity index (χ0n) is 15.6. The molecule has 0 aliphatic rings. The predicted molar refractivity (Wildman–Crippen MR) is 108 cm³/mol. The van der Waals surface area contributed by atoms with E-state index >= 15 is 0 Å². The van der Waals surface area contributed by atoms with Gasteiger partial charge in [0.2, 0.25) is 0 Å². The second kappa shape index (κ2) is 9.53. The summed E-state index contributed by atoms with van der Waals surface area (Å²) in [6, 6.07) is 13.5. The molecular weight excluding hydrogens is 379 g/mol. The van der Waals surface area contributed by atoms with E-state index < -0.39 is 0 Å². The number of pyridine rings is 1.